The Morgan fingerprint density at radius 1 is 1.40 bits per heavy atom. The van der Waals surface area contributed by atoms with E-state index in [0.29, 0.717) is 13.0 Å². The molecule has 7 heteroatoms. The fraction of sp³-hybridized carbons (Fsp3) is 0.462. The van der Waals surface area contributed by atoms with Gasteiger partial charge in [0.25, 0.3) is 0 Å². The lowest BCUT2D eigenvalue weighted by atomic mass is 10.2. The molecule has 1 heterocycles. The van der Waals surface area contributed by atoms with Crippen molar-refractivity contribution in [2.24, 2.45) is 0 Å². The zero-order valence-corrected chi connectivity index (χ0v) is 12.1. The molecule has 0 radical (unpaired) electrons. The minimum Gasteiger partial charge on any atom is -0.478 e. The first-order valence-electron chi connectivity index (χ1n) is 6.27. The molecular formula is C13H17NO5S. The summed E-state index contributed by atoms with van der Waals surface area (Å²) in [5, 5.41) is 9.12. The number of aromatic carboxylic acids is 1. The fourth-order valence-corrected chi connectivity index (χ4v) is 4.03. The topological polar surface area (TPSA) is 83.9 Å². The number of rotatable bonds is 4. The van der Waals surface area contributed by atoms with Gasteiger partial charge in [-0.15, -0.1) is 0 Å². The van der Waals surface area contributed by atoms with Gasteiger partial charge in [0.2, 0.25) is 10.0 Å². The lowest BCUT2D eigenvalue weighted by Crippen LogP contribution is -2.41. The number of likely N-dealkylation sites (N-methyl/N-ethyl adjacent to an activating group) is 1. The van der Waals surface area contributed by atoms with E-state index in [1.54, 1.807) is 0 Å². The molecule has 1 aromatic carbocycles. The summed E-state index contributed by atoms with van der Waals surface area (Å²) in [6.07, 6.45) is 0.401. The van der Waals surface area contributed by atoms with E-state index in [2.05, 4.69) is 0 Å². The molecule has 0 aromatic heterocycles. The van der Waals surface area contributed by atoms with Crippen LogP contribution in [0.3, 0.4) is 0 Å². The zero-order chi connectivity index (χ0) is 14.9. The van der Waals surface area contributed by atoms with Crippen LogP contribution in [0.1, 0.15) is 23.7 Å². The molecule has 110 valence electrons. The molecule has 0 amide bonds. The SMILES string of the molecule is CC1OCCC1N(C)S(=O)(=O)c1ccccc1C(=O)O. The van der Waals surface area contributed by atoms with E-state index in [0.717, 1.165) is 0 Å². The molecule has 1 aromatic rings. The molecule has 6 nitrogen and oxygen atoms in total. The van der Waals surface area contributed by atoms with E-state index in [9.17, 15) is 13.2 Å². The molecule has 0 saturated carbocycles. The molecule has 0 spiro atoms. The van der Waals surface area contributed by atoms with E-state index in [-0.39, 0.29) is 22.6 Å². The van der Waals surface area contributed by atoms with Crippen molar-refractivity contribution < 1.29 is 23.1 Å². The van der Waals surface area contributed by atoms with Crippen molar-refractivity contribution >= 4 is 16.0 Å². The van der Waals surface area contributed by atoms with Crippen LogP contribution < -0.4 is 0 Å². The largest absolute Gasteiger partial charge is 0.478 e. The Kier molecular flexibility index (Phi) is 4.12. The van der Waals surface area contributed by atoms with Gasteiger partial charge in [0.15, 0.2) is 0 Å². The summed E-state index contributed by atoms with van der Waals surface area (Å²) in [5.74, 6) is -1.26. The van der Waals surface area contributed by atoms with Crippen LogP contribution in [0, 0.1) is 0 Å². The number of carboxylic acid groups (broad SMARTS) is 1. The predicted octanol–water partition coefficient (Wildman–Crippen LogP) is 1.18. The van der Waals surface area contributed by atoms with E-state index < -0.39 is 16.0 Å². The highest BCUT2D eigenvalue weighted by atomic mass is 32.2. The van der Waals surface area contributed by atoms with Crippen LogP contribution in [0.25, 0.3) is 0 Å². The number of ether oxygens (including phenoxy) is 1. The van der Waals surface area contributed by atoms with E-state index in [1.807, 2.05) is 6.92 Å². The molecule has 0 aliphatic carbocycles. The Morgan fingerprint density at radius 3 is 2.60 bits per heavy atom. The van der Waals surface area contributed by atoms with Crippen LogP contribution in [0.2, 0.25) is 0 Å². The van der Waals surface area contributed by atoms with E-state index >= 15 is 0 Å². The number of benzene rings is 1. The quantitative estimate of drug-likeness (QED) is 0.902. The highest BCUT2D eigenvalue weighted by molar-refractivity contribution is 7.89. The maximum Gasteiger partial charge on any atom is 0.337 e. The Morgan fingerprint density at radius 2 is 2.05 bits per heavy atom. The van der Waals surface area contributed by atoms with Gasteiger partial charge < -0.3 is 9.84 Å². The minimum atomic E-state index is -3.86. The number of hydrogen-bond donors (Lipinski definition) is 1. The summed E-state index contributed by atoms with van der Waals surface area (Å²) in [4.78, 5) is 11.0. The van der Waals surface area contributed by atoms with Gasteiger partial charge in [0.05, 0.1) is 22.6 Å². The van der Waals surface area contributed by atoms with Crippen molar-refractivity contribution in [3.8, 4) is 0 Å². The molecule has 1 N–H and O–H groups in total. The number of sulfonamides is 1. The van der Waals surface area contributed by atoms with Crippen molar-refractivity contribution in [2.75, 3.05) is 13.7 Å². The second kappa shape index (κ2) is 5.51. The van der Waals surface area contributed by atoms with Crippen LogP contribution in [0.15, 0.2) is 29.2 Å². The number of hydrogen-bond acceptors (Lipinski definition) is 4. The monoisotopic (exact) mass is 299 g/mol. The first kappa shape index (κ1) is 15.0. The molecule has 1 aliphatic heterocycles. The molecule has 1 saturated heterocycles. The summed E-state index contributed by atoms with van der Waals surface area (Å²) < 4.78 is 31.8. The predicted molar refractivity (Wildman–Crippen MR) is 72.2 cm³/mol. The minimum absolute atomic E-state index is 0.186. The lowest BCUT2D eigenvalue weighted by Gasteiger charge is -2.26. The van der Waals surface area contributed by atoms with Crippen molar-refractivity contribution in [1.82, 2.24) is 4.31 Å². The molecule has 2 atom stereocenters. The number of carboxylic acids is 1. The Bertz CT molecular complexity index is 613. The van der Waals surface area contributed by atoms with Gasteiger partial charge in [-0.1, -0.05) is 12.1 Å². The summed E-state index contributed by atoms with van der Waals surface area (Å²) in [7, 11) is -2.40. The molecule has 20 heavy (non-hydrogen) atoms. The Hall–Kier alpha value is -1.44. The molecular weight excluding hydrogens is 282 g/mol. The first-order valence-corrected chi connectivity index (χ1v) is 7.71. The average molecular weight is 299 g/mol. The van der Waals surface area contributed by atoms with Gasteiger partial charge in [0, 0.05) is 13.7 Å². The van der Waals surface area contributed by atoms with Gasteiger partial charge in [0.1, 0.15) is 0 Å². The van der Waals surface area contributed by atoms with Crippen molar-refractivity contribution in [1.29, 1.82) is 0 Å². The highest BCUT2D eigenvalue weighted by Gasteiger charge is 2.36. The second-order valence-electron chi connectivity index (χ2n) is 4.75. The third-order valence-electron chi connectivity index (χ3n) is 3.58. The van der Waals surface area contributed by atoms with Crippen molar-refractivity contribution in [2.45, 2.75) is 30.4 Å². The highest BCUT2D eigenvalue weighted by Crippen LogP contribution is 2.26. The zero-order valence-electron chi connectivity index (χ0n) is 11.3. The second-order valence-corrected chi connectivity index (χ2v) is 6.72. The molecule has 0 bridgehead atoms. The maximum absolute atomic E-state index is 12.6. The van der Waals surface area contributed by atoms with Gasteiger partial charge >= 0.3 is 5.97 Å². The van der Waals surface area contributed by atoms with Crippen LogP contribution >= 0.6 is 0 Å². The van der Waals surface area contributed by atoms with Crippen LogP contribution in [-0.4, -0.2) is 49.6 Å². The normalized spacial score (nSPS) is 23.1. The molecule has 1 fully saturated rings. The van der Waals surface area contributed by atoms with Gasteiger partial charge in [-0.25, -0.2) is 13.2 Å². The standard InChI is InChI=1S/C13H17NO5S/c1-9-11(7-8-19-9)14(2)20(17,18)12-6-4-3-5-10(12)13(15)16/h3-6,9,11H,7-8H2,1-2H3,(H,15,16). The van der Waals surface area contributed by atoms with Crippen LogP contribution in [-0.2, 0) is 14.8 Å². The van der Waals surface area contributed by atoms with Gasteiger partial charge in [-0.05, 0) is 25.5 Å². The summed E-state index contributed by atoms with van der Waals surface area (Å²) in [5.41, 5.74) is -0.217. The average Bonchev–Trinajstić information content (AvgIpc) is 2.83. The van der Waals surface area contributed by atoms with Crippen molar-refractivity contribution in [3.05, 3.63) is 29.8 Å². The lowest BCUT2D eigenvalue weighted by molar-refractivity contribution is 0.0692. The third-order valence-corrected chi connectivity index (χ3v) is 5.52. The smallest absolute Gasteiger partial charge is 0.337 e. The fourth-order valence-electron chi connectivity index (χ4n) is 2.40. The number of nitrogens with zero attached hydrogens (tertiary/aromatic N) is 1. The first-order chi connectivity index (χ1) is 9.35. The van der Waals surface area contributed by atoms with Crippen LogP contribution in [0.4, 0.5) is 0 Å². The molecule has 2 rings (SSSR count). The molecule has 2 unspecified atom stereocenters. The Balaban J connectivity index is 2.43. The van der Waals surface area contributed by atoms with E-state index in [1.165, 1.54) is 35.6 Å². The van der Waals surface area contributed by atoms with Crippen molar-refractivity contribution in [3.63, 3.8) is 0 Å². The van der Waals surface area contributed by atoms with E-state index in [4.69, 9.17) is 9.84 Å². The third kappa shape index (κ3) is 2.56. The van der Waals surface area contributed by atoms with Gasteiger partial charge in [-0.3, -0.25) is 0 Å². The van der Waals surface area contributed by atoms with Gasteiger partial charge in [-0.2, -0.15) is 4.31 Å². The molecule has 1 aliphatic rings. The maximum atomic E-state index is 12.6. The summed E-state index contributed by atoms with van der Waals surface area (Å²) >= 11 is 0. The van der Waals surface area contributed by atoms with Crippen LogP contribution in [0.5, 0.6) is 0 Å². The number of carbonyl (C=O) groups is 1. The summed E-state index contributed by atoms with van der Waals surface area (Å²) in [6, 6.07) is 5.35. The Labute approximate surface area is 118 Å². The summed E-state index contributed by atoms with van der Waals surface area (Å²) in [6.45, 7) is 2.32.